The number of ether oxygens (including phenoxy) is 1. The highest BCUT2D eigenvalue weighted by Gasteiger charge is 2.26. The van der Waals surface area contributed by atoms with Crippen LogP contribution in [0.15, 0.2) is 12.5 Å². The van der Waals surface area contributed by atoms with Gasteiger partial charge in [0.2, 0.25) is 0 Å². The Bertz CT molecular complexity index is 418. The minimum atomic E-state index is -4.14. The summed E-state index contributed by atoms with van der Waals surface area (Å²) in [7, 11) is 1.23. The van der Waals surface area contributed by atoms with Crippen LogP contribution >= 0.6 is 0 Å². The SMILES string of the molecule is COC(=O)[C@@H](N)Cc1cn(CCCC(F)(F)F)cn1. The summed E-state index contributed by atoms with van der Waals surface area (Å²) in [6.45, 7) is 0.222. The maximum Gasteiger partial charge on any atom is 0.389 e. The normalized spacial score (nSPS) is 13.3. The van der Waals surface area contributed by atoms with E-state index in [1.807, 2.05) is 0 Å². The van der Waals surface area contributed by atoms with Crippen LogP contribution in [0.4, 0.5) is 13.2 Å². The minimum Gasteiger partial charge on any atom is -0.468 e. The van der Waals surface area contributed by atoms with Crippen LogP contribution in [0.5, 0.6) is 0 Å². The highest BCUT2D eigenvalue weighted by molar-refractivity contribution is 5.75. The molecule has 8 heteroatoms. The third kappa shape index (κ3) is 5.73. The summed E-state index contributed by atoms with van der Waals surface area (Å²) in [5, 5.41) is 0. The van der Waals surface area contributed by atoms with E-state index in [2.05, 4.69) is 9.72 Å². The number of aromatic nitrogens is 2. The largest absolute Gasteiger partial charge is 0.468 e. The number of hydrogen-bond acceptors (Lipinski definition) is 4. The lowest BCUT2D eigenvalue weighted by atomic mass is 10.2. The van der Waals surface area contributed by atoms with Gasteiger partial charge < -0.3 is 15.0 Å². The molecule has 19 heavy (non-hydrogen) atoms. The van der Waals surface area contributed by atoms with Gasteiger partial charge in [-0.3, -0.25) is 4.79 Å². The topological polar surface area (TPSA) is 70.1 Å². The number of carbonyl (C=O) groups excluding carboxylic acids is 1. The molecule has 0 bridgehead atoms. The van der Waals surface area contributed by atoms with Crippen LogP contribution in [-0.4, -0.2) is 34.8 Å². The monoisotopic (exact) mass is 279 g/mol. The van der Waals surface area contributed by atoms with Crippen LogP contribution in [0, 0.1) is 0 Å². The maximum absolute atomic E-state index is 12.0. The Morgan fingerprint density at radius 3 is 2.84 bits per heavy atom. The standard InChI is InChI=1S/C11H16F3N3O2/c1-19-10(18)9(15)5-8-6-17(7-16-8)4-2-3-11(12,13)14/h6-7,9H,2-5,15H2,1H3/t9-/m0/s1. The molecule has 2 N–H and O–H groups in total. The fourth-order valence-corrected chi connectivity index (χ4v) is 1.56. The number of carbonyl (C=O) groups is 1. The van der Waals surface area contributed by atoms with E-state index in [9.17, 15) is 18.0 Å². The first-order valence-electron chi connectivity index (χ1n) is 5.72. The zero-order chi connectivity index (χ0) is 14.5. The summed E-state index contributed by atoms with van der Waals surface area (Å²) in [4.78, 5) is 15.1. The summed E-state index contributed by atoms with van der Waals surface area (Å²) in [5.41, 5.74) is 6.10. The van der Waals surface area contributed by atoms with Crippen molar-refractivity contribution in [3.05, 3.63) is 18.2 Å². The number of imidazole rings is 1. The van der Waals surface area contributed by atoms with Crippen LogP contribution in [0.3, 0.4) is 0 Å². The van der Waals surface area contributed by atoms with E-state index in [0.717, 1.165) is 0 Å². The minimum absolute atomic E-state index is 0.0116. The van der Waals surface area contributed by atoms with E-state index in [-0.39, 0.29) is 19.4 Å². The molecule has 0 amide bonds. The quantitative estimate of drug-likeness (QED) is 0.796. The lowest BCUT2D eigenvalue weighted by molar-refractivity contribution is -0.142. The van der Waals surface area contributed by atoms with Gasteiger partial charge >= 0.3 is 12.1 Å². The van der Waals surface area contributed by atoms with Gasteiger partial charge in [-0.1, -0.05) is 0 Å². The van der Waals surface area contributed by atoms with Crippen molar-refractivity contribution in [3.8, 4) is 0 Å². The molecule has 108 valence electrons. The van der Waals surface area contributed by atoms with E-state index >= 15 is 0 Å². The summed E-state index contributed by atoms with van der Waals surface area (Å²) in [6.07, 6.45) is -1.78. The van der Waals surface area contributed by atoms with E-state index < -0.39 is 24.6 Å². The smallest absolute Gasteiger partial charge is 0.389 e. The first kappa shape index (κ1) is 15.5. The third-order valence-electron chi connectivity index (χ3n) is 2.50. The van der Waals surface area contributed by atoms with Crippen LogP contribution < -0.4 is 5.73 Å². The van der Waals surface area contributed by atoms with Crippen molar-refractivity contribution in [1.29, 1.82) is 0 Å². The molecule has 1 atom stereocenters. The van der Waals surface area contributed by atoms with Gasteiger partial charge in [-0.2, -0.15) is 13.2 Å². The Hall–Kier alpha value is -1.57. The zero-order valence-electron chi connectivity index (χ0n) is 10.5. The van der Waals surface area contributed by atoms with Crippen LogP contribution in [0.1, 0.15) is 18.5 Å². The molecule has 1 aromatic rings. The molecule has 0 radical (unpaired) electrons. The Morgan fingerprint density at radius 1 is 1.58 bits per heavy atom. The van der Waals surface area contributed by atoms with Crippen molar-refractivity contribution in [3.63, 3.8) is 0 Å². The van der Waals surface area contributed by atoms with Gasteiger partial charge in [-0.25, -0.2) is 4.98 Å². The molecule has 0 fully saturated rings. The molecule has 0 aliphatic heterocycles. The average Bonchev–Trinajstić information content (AvgIpc) is 2.74. The summed E-state index contributed by atoms with van der Waals surface area (Å²) in [6, 6.07) is -0.816. The number of rotatable bonds is 6. The Labute approximate surface area is 108 Å². The second-order valence-corrected chi connectivity index (χ2v) is 4.16. The second-order valence-electron chi connectivity index (χ2n) is 4.16. The summed E-state index contributed by atoms with van der Waals surface area (Å²) in [5.74, 6) is -0.549. The fraction of sp³-hybridized carbons (Fsp3) is 0.636. The van der Waals surface area contributed by atoms with Crippen LogP contribution in [0.25, 0.3) is 0 Å². The molecule has 1 aromatic heterocycles. The Kier molecular flexibility index (Phi) is 5.34. The molecule has 0 spiro atoms. The molecule has 0 aromatic carbocycles. The number of halogens is 3. The zero-order valence-corrected chi connectivity index (χ0v) is 10.5. The number of nitrogens with zero attached hydrogens (tertiary/aromatic N) is 2. The van der Waals surface area contributed by atoms with Gasteiger partial charge in [0.05, 0.1) is 19.1 Å². The molecule has 0 aliphatic carbocycles. The molecular weight excluding hydrogens is 263 g/mol. The molecule has 1 heterocycles. The van der Waals surface area contributed by atoms with Gasteiger partial charge in [-0.05, 0) is 6.42 Å². The lowest BCUT2D eigenvalue weighted by Crippen LogP contribution is -2.33. The molecule has 5 nitrogen and oxygen atoms in total. The van der Waals surface area contributed by atoms with E-state index in [1.54, 1.807) is 10.8 Å². The molecule has 0 aliphatic rings. The number of alkyl halides is 3. The number of aryl methyl sites for hydroxylation is 1. The van der Waals surface area contributed by atoms with Crippen LogP contribution in [-0.2, 0) is 22.5 Å². The fourth-order valence-electron chi connectivity index (χ4n) is 1.56. The molecule has 0 saturated heterocycles. The summed E-state index contributed by atoms with van der Waals surface area (Å²) >= 11 is 0. The van der Waals surface area contributed by atoms with Crippen molar-refractivity contribution >= 4 is 5.97 Å². The van der Waals surface area contributed by atoms with Crippen molar-refractivity contribution in [2.24, 2.45) is 5.73 Å². The van der Waals surface area contributed by atoms with Crippen molar-refractivity contribution < 1.29 is 22.7 Å². The highest BCUT2D eigenvalue weighted by Crippen LogP contribution is 2.21. The average molecular weight is 279 g/mol. The number of hydrogen-bond donors (Lipinski definition) is 1. The lowest BCUT2D eigenvalue weighted by Gasteiger charge is -2.07. The summed E-state index contributed by atoms with van der Waals surface area (Å²) < 4.78 is 41.9. The molecule has 0 unspecified atom stereocenters. The highest BCUT2D eigenvalue weighted by atomic mass is 19.4. The van der Waals surface area contributed by atoms with Crippen molar-refractivity contribution in [1.82, 2.24) is 9.55 Å². The van der Waals surface area contributed by atoms with Gasteiger partial charge in [0.15, 0.2) is 0 Å². The van der Waals surface area contributed by atoms with Gasteiger partial charge in [0.1, 0.15) is 6.04 Å². The Morgan fingerprint density at radius 2 is 2.26 bits per heavy atom. The molecule has 0 saturated carbocycles. The second kappa shape index (κ2) is 6.55. The predicted molar refractivity (Wildman–Crippen MR) is 61.2 cm³/mol. The number of nitrogens with two attached hydrogens (primary N) is 1. The Balaban J connectivity index is 2.42. The first-order chi connectivity index (χ1) is 8.81. The van der Waals surface area contributed by atoms with Crippen molar-refractivity contribution in [2.75, 3.05) is 7.11 Å². The molecular formula is C11H16F3N3O2. The number of methoxy groups -OCH3 is 1. The maximum atomic E-state index is 12.0. The van der Waals surface area contributed by atoms with E-state index in [0.29, 0.717) is 5.69 Å². The third-order valence-corrected chi connectivity index (χ3v) is 2.50. The van der Waals surface area contributed by atoms with Crippen molar-refractivity contribution in [2.45, 2.75) is 38.0 Å². The van der Waals surface area contributed by atoms with Gasteiger partial charge in [-0.15, -0.1) is 0 Å². The van der Waals surface area contributed by atoms with Crippen LogP contribution in [0.2, 0.25) is 0 Å². The van der Waals surface area contributed by atoms with E-state index in [1.165, 1.54) is 13.4 Å². The van der Waals surface area contributed by atoms with Gasteiger partial charge in [0.25, 0.3) is 0 Å². The predicted octanol–water partition coefficient (Wildman–Crippen LogP) is 1.27. The van der Waals surface area contributed by atoms with Gasteiger partial charge in [0, 0.05) is 25.6 Å². The molecule has 1 rings (SSSR count). The first-order valence-corrected chi connectivity index (χ1v) is 5.72. The number of esters is 1. The van der Waals surface area contributed by atoms with E-state index in [4.69, 9.17) is 5.73 Å².